The molecule has 2 unspecified atom stereocenters. The average Bonchev–Trinajstić information content (AvgIpc) is 3.33. The molecular formula is C22H15N. The standard InChI is InChI=1S/C22H15N/c1-2-8-16-15(7-1)13-23-20-19(16)17-9-3-4-10-18(17)21-11-5-6-12-22(20,21)14-21/h1-13H,14H2. The SMILES string of the molecule is C1=CC23CC2(C=C1)c1ncc2ccccc2c1-c1ccccc13. The van der Waals surface area contributed by atoms with Crippen LogP contribution < -0.4 is 0 Å². The van der Waals surface area contributed by atoms with Gasteiger partial charge in [-0.2, -0.15) is 0 Å². The summed E-state index contributed by atoms with van der Waals surface area (Å²) in [6.07, 6.45) is 12.4. The van der Waals surface area contributed by atoms with Crippen LogP contribution in [0.4, 0.5) is 0 Å². The molecule has 0 aliphatic heterocycles. The van der Waals surface area contributed by atoms with E-state index in [0.717, 1.165) is 6.42 Å². The molecule has 3 aliphatic carbocycles. The molecule has 0 radical (unpaired) electrons. The summed E-state index contributed by atoms with van der Waals surface area (Å²) in [7, 11) is 0. The first-order valence-corrected chi connectivity index (χ1v) is 8.21. The van der Waals surface area contributed by atoms with Crippen LogP contribution in [0, 0.1) is 0 Å². The van der Waals surface area contributed by atoms with Crippen LogP contribution in [0.2, 0.25) is 0 Å². The molecule has 3 aromatic rings. The molecule has 0 amide bonds. The van der Waals surface area contributed by atoms with E-state index in [-0.39, 0.29) is 10.8 Å². The molecular weight excluding hydrogens is 278 g/mol. The van der Waals surface area contributed by atoms with Crippen molar-refractivity contribution in [2.24, 2.45) is 0 Å². The number of allylic oxidation sites excluding steroid dienone is 4. The first kappa shape index (κ1) is 11.8. The second kappa shape index (κ2) is 3.62. The van der Waals surface area contributed by atoms with Crippen molar-refractivity contribution in [3.63, 3.8) is 0 Å². The number of hydrogen-bond acceptors (Lipinski definition) is 1. The Bertz CT molecular complexity index is 1060. The molecule has 0 N–H and O–H groups in total. The first-order valence-electron chi connectivity index (χ1n) is 8.21. The molecule has 1 heteroatoms. The number of nitrogens with zero attached hydrogens (tertiary/aromatic N) is 1. The Kier molecular flexibility index (Phi) is 1.87. The van der Waals surface area contributed by atoms with Gasteiger partial charge in [0.2, 0.25) is 0 Å². The maximum Gasteiger partial charge on any atom is 0.0600 e. The van der Waals surface area contributed by atoms with Crippen molar-refractivity contribution >= 4 is 10.8 Å². The van der Waals surface area contributed by atoms with Crippen LogP contribution >= 0.6 is 0 Å². The van der Waals surface area contributed by atoms with Gasteiger partial charge in [0.05, 0.1) is 5.69 Å². The lowest BCUT2D eigenvalue weighted by Crippen LogP contribution is -2.27. The second-order valence-electron chi connectivity index (χ2n) is 6.95. The summed E-state index contributed by atoms with van der Waals surface area (Å²) in [4.78, 5) is 4.95. The molecule has 0 bridgehead atoms. The zero-order chi connectivity index (χ0) is 15.1. The van der Waals surface area contributed by atoms with Gasteiger partial charge in [0.15, 0.2) is 0 Å². The lowest BCUT2D eigenvalue weighted by atomic mass is 9.71. The predicted molar refractivity (Wildman–Crippen MR) is 93.4 cm³/mol. The minimum atomic E-state index is 0.0649. The Morgan fingerprint density at radius 3 is 2.57 bits per heavy atom. The Labute approximate surface area is 135 Å². The van der Waals surface area contributed by atoms with E-state index in [9.17, 15) is 0 Å². The zero-order valence-electron chi connectivity index (χ0n) is 12.7. The van der Waals surface area contributed by atoms with E-state index in [4.69, 9.17) is 4.98 Å². The number of aromatic nitrogens is 1. The number of rotatable bonds is 0. The van der Waals surface area contributed by atoms with Gasteiger partial charge in [0.25, 0.3) is 0 Å². The van der Waals surface area contributed by atoms with Gasteiger partial charge in [-0.1, -0.05) is 72.8 Å². The van der Waals surface area contributed by atoms with E-state index in [1.807, 2.05) is 6.20 Å². The number of benzene rings is 2. The molecule has 3 aliphatic rings. The highest BCUT2D eigenvalue weighted by atomic mass is 14.8. The molecule has 1 heterocycles. The van der Waals surface area contributed by atoms with Crippen molar-refractivity contribution in [2.45, 2.75) is 17.3 Å². The van der Waals surface area contributed by atoms with Gasteiger partial charge in [0.1, 0.15) is 0 Å². The summed E-state index contributed by atoms with van der Waals surface area (Å²) >= 11 is 0. The molecule has 23 heavy (non-hydrogen) atoms. The number of pyridine rings is 1. The molecule has 2 aromatic carbocycles. The fraction of sp³-hybridized carbons (Fsp3) is 0.136. The maximum atomic E-state index is 4.95. The summed E-state index contributed by atoms with van der Waals surface area (Å²) in [5.41, 5.74) is 5.62. The third-order valence-corrected chi connectivity index (χ3v) is 6.00. The third kappa shape index (κ3) is 1.17. The highest BCUT2D eigenvalue weighted by molar-refractivity contribution is 6.01. The first-order chi connectivity index (χ1) is 11.4. The van der Waals surface area contributed by atoms with Crippen LogP contribution in [0.15, 0.2) is 79.0 Å². The average molecular weight is 293 g/mol. The molecule has 0 saturated heterocycles. The van der Waals surface area contributed by atoms with E-state index in [2.05, 4.69) is 72.8 Å². The van der Waals surface area contributed by atoms with Crippen LogP contribution in [0.3, 0.4) is 0 Å². The zero-order valence-corrected chi connectivity index (χ0v) is 12.7. The van der Waals surface area contributed by atoms with Crippen LogP contribution in [0.1, 0.15) is 17.7 Å². The molecule has 0 spiro atoms. The van der Waals surface area contributed by atoms with Gasteiger partial charge in [0, 0.05) is 28.0 Å². The molecule has 2 atom stereocenters. The minimum Gasteiger partial charge on any atom is -0.259 e. The quantitative estimate of drug-likeness (QED) is 0.573. The summed E-state index contributed by atoms with van der Waals surface area (Å²) in [6.45, 7) is 0. The molecule has 1 fully saturated rings. The fourth-order valence-corrected chi connectivity index (χ4v) is 4.91. The topological polar surface area (TPSA) is 12.9 Å². The van der Waals surface area contributed by atoms with Gasteiger partial charge in [-0.25, -0.2) is 0 Å². The number of hydrogen-bond donors (Lipinski definition) is 0. The Balaban J connectivity index is 1.84. The third-order valence-electron chi connectivity index (χ3n) is 6.00. The fourth-order valence-electron chi connectivity index (χ4n) is 4.91. The summed E-state index contributed by atoms with van der Waals surface area (Å²) in [5, 5.41) is 2.55. The minimum absolute atomic E-state index is 0.0649. The van der Waals surface area contributed by atoms with E-state index in [1.165, 1.54) is 33.2 Å². The van der Waals surface area contributed by atoms with Gasteiger partial charge in [-0.05, 0) is 22.9 Å². The molecule has 1 saturated carbocycles. The van der Waals surface area contributed by atoms with Crippen molar-refractivity contribution in [1.82, 2.24) is 4.98 Å². The number of fused-ring (bicyclic) bond motifs is 5. The van der Waals surface area contributed by atoms with E-state index < -0.39 is 0 Å². The summed E-state index contributed by atoms with van der Waals surface area (Å²) in [5.74, 6) is 0. The van der Waals surface area contributed by atoms with Crippen molar-refractivity contribution in [3.05, 3.63) is 90.3 Å². The normalized spacial score (nSPS) is 28.7. The molecule has 1 aromatic heterocycles. The Hall–Kier alpha value is -2.67. The van der Waals surface area contributed by atoms with E-state index >= 15 is 0 Å². The van der Waals surface area contributed by atoms with Crippen molar-refractivity contribution in [3.8, 4) is 11.1 Å². The van der Waals surface area contributed by atoms with E-state index in [0.29, 0.717) is 0 Å². The van der Waals surface area contributed by atoms with Gasteiger partial charge >= 0.3 is 0 Å². The lowest BCUT2D eigenvalue weighted by Gasteiger charge is -2.32. The Morgan fingerprint density at radius 1 is 0.826 bits per heavy atom. The van der Waals surface area contributed by atoms with Crippen LogP contribution in [-0.4, -0.2) is 4.98 Å². The molecule has 1 nitrogen and oxygen atoms in total. The largest absolute Gasteiger partial charge is 0.259 e. The second-order valence-corrected chi connectivity index (χ2v) is 6.95. The van der Waals surface area contributed by atoms with Crippen molar-refractivity contribution in [1.29, 1.82) is 0 Å². The Morgan fingerprint density at radius 2 is 1.61 bits per heavy atom. The van der Waals surface area contributed by atoms with Crippen LogP contribution in [0.5, 0.6) is 0 Å². The van der Waals surface area contributed by atoms with Gasteiger partial charge < -0.3 is 0 Å². The summed E-state index contributed by atoms with van der Waals surface area (Å²) < 4.78 is 0. The van der Waals surface area contributed by atoms with E-state index in [1.54, 1.807) is 0 Å². The molecule has 108 valence electrons. The maximum absolute atomic E-state index is 4.95. The van der Waals surface area contributed by atoms with Crippen LogP contribution in [0.25, 0.3) is 21.9 Å². The predicted octanol–water partition coefficient (Wildman–Crippen LogP) is 4.92. The summed E-state index contributed by atoms with van der Waals surface area (Å²) in [6, 6.07) is 17.5. The van der Waals surface area contributed by atoms with Crippen molar-refractivity contribution in [2.75, 3.05) is 0 Å². The lowest BCUT2D eigenvalue weighted by molar-refractivity contribution is 0.695. The van der Waals surface area contributed by atoms with Crippen molar-refractivity contribution < 1.29 is 0 Å². The van der Waals surface area contributed by atoms with Gasteiger partial charge in [-0.15, -0.1) is 0 Å². The van der Waals surface area contributed by atoms with Gasteiger partial charge in [-0.3, -0.25) is 4.98 Å². The smallest absolute Gasteiger partial charge is 0.0600 e. The van der Waals surface area contributed by atoms with Crippen LogP contribution in [-0.2, 0) is 10.8 Å². The highest BCUT2D eigenvalue weighted by Gasteiger charge is 2.70. The highest BCUT2D eigenvalue weighted by Crippen LogP contribution is 2.73. The monoisotopic (exact) mass is 293 g/mol. The molecule has 6 rings (SSSR count).